The van der Waals surface area contributed by atoms with Gasteiger partial charge in [0, 0.05) is 17.8 Å². The molecule has 0 unspecified atom stereocenters. The number of halogens is 1. The number of hydrogen-bond donors (Lipinski definition) is 3. The van der Waals surface area contributed by atoms with E-state index < -0.39 is 32.8 Å². The zero-order valence-electron chi connectivity index (χ0n) is 12.5. The lowest BCUT2D eigenvalue weighted by Gasteiger charge is -2.21. The molecule has 0 aromatic heterocycles. The van der Waals surface area contributed by atoms with Crippen molar-refractivity contribution in [2.75, 3.05) is 6.54 Å². The molecule has 0 aromatic carbocycles. The van der Waals surface area contributed by atoms with Crippen LogP contribution in [0.4, 0.5) is 0 Å². The van der Waals surface area contributed by atoms with Crippen molar-refractivity contribution in [3.63, 3.8) is 0 Å². The van der Waals surface area contributed by atoms with E-state index in [9.17, 15) is 18.0 Å². The van der Waals surface area contributed by atoms with Gasteiger partial charge in [0.15, 0.2) is 0 Å². The number of carbonyl (C=O) groups excluding carboxylic acids is 2. The lowest BCUT2D eigenvalue weighted by atomic mass is 10.1. The van der Waals surface area contributed by atoms with E-state index in [0.717, 1.165) is 0 Å². The highest BCUT2D eigenvalue weighted by Gasteiger charge is 2.61. The number of nitrogens with one attached hydrogen (secondary N) is 3. The van der Waals surface area contributed by atoms with E-state index in [1.165, 1.54) is 0 Å². The average molecular weight is 362 g/mol. The van der Waals surface area contributed by atoms with Gasteiger partial charge in [-0.1, -0.05) is 6.08 Å². The van der Waals surface area contributed by atoms with E-state index in [0.29, 0.717) is 32.2 Å². The molecule has 2 aliphatic carbocycles. The molecule has 0 aromatic rings. The lowest BCUT2D eigenvalue weighted by molar-refractivity contribution is -0.130. The Balaban J connectivity index is 1.68. The van der Waals surface area contributed by atoms with Crippen LogP contribution < -0.4 is 15.4 Å². The summed E-state index contributed by atoms with van der Waals surface area (Å²) >= 11 is 5.97. The highest BCUT2D eigenvalue weighted by atomic mass is 35.5. The van der Waals surface area contributed by atoms with Crippen LogP contribution in [0, 0.1) is 5.92 Å². The largest absolute Gasteiger partial charge is 0.340 e. The molecule has 23 heavy (non-hydrogen) atoms. The van der Waals surface area contributed by atoms with Crippen molar-refractivity contribution in [1.82, 2.24) is 15.4 Å². The van der Waals surface area contributed by atoms with Crippen LogP contribution >= 0.6 is 11.6 Å². The summed E-state index contributed by atoms with van der Waals surface area (Å²) in [6, 6.07) is -0.465. The van der Waals surface area contributed by atoms with Crippen molar-refractivity contribution < 1.29 is 18.0 Å². The van der Waals surface area contributed by atoms with Crippen molar-refractivity contribution in [2.45, 2.75) is 47.9 Å². The zero-order valence-corrected chi connectivity index (χ0v) is 14.1. The normalized spacial score (nSPS) is 36.3. The van der Waals surface area contributed by atoms with Crippen LogP contribution in [0.1, 0.15) is 25.7 Å². The molecule has 128 valence electrons. The summed E-state index contributed by atoms with van der Waals surface area (Å²) in [7, 11) is -3.65. The smallest absolute Gasteiger partial charge is 0.259 e. The number of rotatable bonds is 6. The molecule has 1 heterocycles. The first-order chi connectivity index (χ1) is 10.8. The van der Waals surface area contributed by atoms with Crippen molar-refractivity contribution in [2.24, 2.45) is 5.92 Å². The first-order valence-corrected chi connectivity index (χ1v) is 9.65. The van der Waals surface area contributed by atoms with Gasteiger partial charge in [0.2, 0.25) is 15.9 Å². The summed E-state index contributed by atoms with van der Waals surface area (Å²) in [5.74, 6) is -1.28. The highest BCUT2D eigenvalue weighted by molar-refractivity contribution is 7.90. The fraction of sp³-hybridized carbons (Fsp3) is 0.714. The third kappa shape index (κ3) is 3.25. The molecule has 3 N–H and O–H groups in total. The number of amides is 2. The molecule has 4 atom stereocenters. The SMILES string of the molecule is C=C[C@@H]1C[C@]1(NC(=O)[C@@H]1C[C@@H](Cl)CN1)C(=O)NS(=O)(=O)C1CC1. The van der Waals surface area contributed by atoms with Gasteiger partial charge in [-0.05, 0) is 25.7 Å². The first kappa shape index (κ1) is 16.7. The maximum atomic E-state index is 12.5. The number of hydrogen-bond acceptors (Lipinski definition) is 5. The molecular formula is C14H20ClN3O4S. The van der Waals surface area contributed by atoms with Gasteiger partial charge < -0.3 is 10.6 Å². The third-order valence-electron chi connectivity index (χ3n) is 4.64. The summed E-state index contributed by atoms with van der Waals surface area (Å²) < 4.78 is 26.0. The van der Waals surface area contributed by atoms with Gasteiger partial charge >= 0.3 is 0 Å². The van der Waals surface area contributed by atoms with Crippen LogP contribution in [0.5, 0.6) is 0 Å². The fourth-order valence-electron chi connectivity index (χ4n) is 2.92. The van der Waals surface area contributed by atoms with E-state index in [2.05, 4.69) is 21.9 Å². The molecule has 0 bridgehead atoms. The van der Waals surface area contributed by atoms with Crippen LogP contribution in [0.2, 0.25) is 0 Å². The minimum Gasteiger partial charge on any atom is -0.340 e. The average Bonchev–Trinajstić information content (AvgIpc) is 3.37. The Bertz CT molecular complexity index is 648. The van der Waals surface area contributed by atoms with Crippen LogP contribution in [0.3, 0.4) is 0 Å². The standard InChI is InChI=1S/C14H20ClN3O4S/c1-2-8-6-14(8,13(20)18-23(21,22)10-3-4-10)17-12(19)11-5-9(15)7-16-11/h2,8-11,16H,1,3-7H2,(H,17,19)(H,18,20)/t8-,9-,11+,14-/m1/s1. The number of sulfonamides is 1. The van der Waals surface area contributed by atoms with Crippen LogP contribution in [0.25, 0.3) is 0 Å². The first-order valence-electron chi connectivity index (χ1n) is 7.66. The highest BCUT2D eigenvalue weighted by Crippen LogP contribution is 2.45. The van der Waals surface area contributed by atoms with E-state index in [1.807, 2.05) is 0 Å². The van der Waals surface area contributed by atoms with Gasteiger partial charge in [-0.3, -0.25) is 14.3 Å². The lowest BCUT2D eigenvalue weighted by Crippen LogP contribution is -2.55. The van der Waals surface area contributed by atoms with Crippen LogP contribution in [-0.2, 0) is 19.6 Å². The third-order valence-corrected chi connectivity index (χ3v) is 6.79. The molecule has 1 saturated heterocycles. The second kappa shape index (κ2) is 5.75. The van der Waals surface area contributed by atoms with Gasteiger partial charge in [0.05, 0.1) is 11.3 Å². The Morgan fingerprint density at radius 2 is 2.04 bits per heavy atom. The van der Waals surface area contributed by atoms with Gasteiger partial charge in [-0.25, -0.2) is 8.42 Å². The summed E-state index contributed by atoms with van der Waals surface area (Å²) in [6.07, 6.45) is 3.53. The molecule has 0 radical (unpaired) electrons. The Labute approximate surface area is 140 Å². The molecule has 0 spiro atoms. The Hall–Kier alpha value is -1.12. The monoisotopic (exact) mass is 361 g/mol. The fourth-order valence-corrected chi connectivity index (χ4v) is 4.55. The molecule has 3 aliphatic rings. The predicted molar refractivity (Wildman–Crippen MR) is 85.3 cm³/mol. The number of alkyl halides is 1. The molecular weight excluding hydrogens is 342 g/mol. The van der Waals surface area contributed by atoms with Crippen molar-refractivity contribution in [3.05, 3.63) is 12.7 Å². The minimum absolute atomic E-state index is 0.125. The van der Waals surface area contributed by atoms with E-state index in [-0.39, 0.29) is 17.2 Å². The zero-order chi connectivity index (χ0) is 16.8. The van der Waals surface area contributed by atoms with Crippen molar-refractivity contribution >= 4 is 33.4 Å². The van der Waals surface area contributed by atoms with Gasteiger partial charge in [-0.15, -0.1) is 18.2 Å². The quantitative estimate of drug-likeness (QED) is 0.442. The van der Waals surface area contributed by atoms with E-state index in [1.54, 1.807) is 6.08 Å². The summed E-state index contributed by atoms with van der Waals surface area (Å²) in [6.45, 7) is 4.17. The summed E-state index contributed by atoms with van der Waals surface area (Å²) in [4.78, 5) is 24.8. The van der Waals surface area contributed by atoms with Crippen molar-refractivity contribution in [1.29, 1.82) is 0 Å². The maximum absolute atomic E-state index is 12.5. The Morgan fingerprint density at radius 3 is 2.52 bits per heavy atom. The summed E-state index contributed by atoms with van der Waals surface area (Å²) in [5.41, 5.74) is -1.22. The second-order valence-electron chi connectivity index (χ2n) is 6.48. The molecule has 1 aliphatic heterocycles. The number of carbonyl (C=O) groups is 2. The Morgan fingerprint density at radius 1 is 1.35 bits per heavy atom. The van der Waals surface area contributed by atoms with Gasteiger partial charge in [0.25, 0.3) is 5.91 Å². The minimum atomic E-state index is -3.65. The topological polar surface area (TPSA) is 104 Å². The van der Waals surface area contributed by atoms with Gasteiger partial charge in [0.1, 0.15) is 5.54 Å². The van der Waals surface area contributed by atoms with Gasteiger partial charge in [-0.2, -0.15) is 0 Å². The molecule has 2 amide bonds. The second-order valence-corrected chi connectivity index (χ2v) is 9.05. The molecule has 9 heteroatoms. The van der Waals surface area contributed by atoms with E-state index >= 15 is 0 Å². The van der Waals surface area contributed by atoms with Crippen LogP contribution in [0.15, 0.2) is 12.7 Å². The van der Waals surface area contributed by atoms with Crippen molar-refractivity contribution in [3.8, 4) is 0 Å². The maximum Gasteiger partial charge on any atom is 0.259 e. The predicted octanol–water partition coefficient (Wildman–Crippen LogP) is -0.375. The summed E-state index contributed by atoms with van der Waals surface area (Å²) in [5, 5.41) is 5.07. The molecule has 3 fully saturated rings. The Kier molecular flexibility index (Phi) is 4.18. The molecule has 2 saturated carbocycles. The van der Waals surface area contributed by atoms with Crippen LogP contribution in [-0.4, -0.2) is 49.0 Å². The molecule has 3 rings (SSSR count). The van der Waals surface area contributed by atoms with E-state index in [4.69, 9.17) is 11.6 Å². The molecule has 7 nitrogen and oxygen atoms in total.